The van der Waals surface area contributed by atoms with E-state index < -0.39 is 24.1 Å². The maximum atomic E-state index is 13.3. The van der Waals surface area contributed by atoms with Crippen molar-refractivity contribution in [1.29, 1.82) is 0 Å². The van der Waals surface area contributed by atoms with E-state index in [-0.39, 0.29) is 18.4 Å². The number of benzene rings is 1. The number of nitrogens with zero attached hydrogens (tertiary/aromatic N) is 1. The molecular weight excluding hydrogens is 493 g/mol. The van der Waals surface area contributed by atoms with Gasteiger partial charge in [-0.25, -0.2) is 0 Å². The van der Waals surface area contributed by atoms with Gasteiger partial charge in [-0.05, 0) is 0 Å². The second-order valence-corrected chi connectivity index (χ2v) is 18.8. The number of esters is 1. The molecule has 176 valence electrons. The Morgan fingerprint density at radius 3 is 2.42 bits per heavy atom. The molecular formula is C23H39NO4SSeSi. The van der Waals surface area contributed by atoms with Gasteiger partial charge >= 0.3 is 197 Å². The average molecular weight is 533 g/mol. The summed E-state index contributed by atoms with van der Waals surface area (Å²) in [6, 6.07) is 10.9. The minimum absolute atomic E-state index is 0.127. The minimum atomic E-state index is -3.51. The van der Waals surface area contributed by atoms with Gasteiger partial charge in [0.25, 0.3) is 0 Å². The molecule has 0 aliphatic heterocycles. The fraction of sp³-hybridized carbons (Fsp3) is 0.609. The number of carbonyl (C=O) groups is 1. The predicted octanol–water partition coefficient (Wildman–Crippen LogP) is 4.43. The fourth-order valence-electron chi connectivity index (χ4n) is 2.97. The van der Waals surface area contributed by atoms with E-state index in [0.29, 0.717) is 21.0 Å². The van der Waals surface area contributed by atoms with Gasteiger partial charge in [0.1, 0.15) is 0 Å². The van der Waals surface area contributed by atoms with Crippen molar-refractivity contribution in [1.82, 2.24) is 4.31 Å². The molecule has 0 heterocycles. The van der Waals surface area contributed by atoms with Gasteiger partial charge in [0.05, 0.1) is 0 Å². The van der Waals surface area contributed by atoms with Crippen LogP contribution in [0.2, 0.25) is 31.0 Å². The molecule has 1 unspecified atom stereocenters. The second kappa shape index (κ2) is 14.1. The van der Waals surface area contributed by atoms with Gasteiger partial charge in [0, 0.05) is 0 Å². The Kier molecular flexibility index (Phi) is 12.8. The van der Waals surface area contributed by atoms with Crippen LogP contribution in [0.4, 0.5) is 0 Å². The molecule has 0 N–H and O–H groups in total. The molecule has 31 heavy (non-hydrogen) atoms. The van der Waals surface area contributed by atoms with Crippen LogP contribution in [0.3, 0.4) is 0 Å². The van der Waals surface area contributed by atoms with Gasteiger partial charge in [-0.1, -0.05) is 0 Å². The van der Waals surface area contributed by atoms with E-state index in [0.717, 1.165) is 31.0 Å². The first-order chi connectivity index (χ1) is 14.6. The molecule has 1 aromatic carbocycles. The molecule has 0 spiro atoms. The zero-order valence-corrected chi connectivity index (χ0v) is 23.2. The number of carbonyl (C=O) groups excluding carboxylic acids is 1. The zero-order valence-electron chi connectivity index (χ0n) is 19.7. The van der Waals surface area contributed by atoms with E-state index in [9.17, 15) is 13.2 Å². The zero-order chi connectivity index (χ0) is 23.3. The molecule has 0 aromatic heterocycles. The fourth-order valence-corrected chi connectivity index (χ4v) is 9.62. The Balaban J connectivity index is 3.05. The van der Waals surface area contributed by atoms with Crippen LogP contribution in [0.15, 0.2) is 42.6 Å². The van der Waals surface area contributed by atoms with E-state index in [1.165, 1.54) is 21.0 Å². The summed E-state index contributed by atoms with van der Waals surface area (Å²) < 4.78 is 34.4. The van der Waals surface area contributed by atoms with Crippen molar-refractivity contribution in [2.24, 2.45) is 0 Å². The molecule has 0 fully saturated rings. The molecule has 0 aliphatic rings. The standard InChI is InChI=1S/C23H39NO4SSeSi/c1-6-8-12-21(16-19-30-22-13-10-9-11-14-22)24(17-15-23(25)28-7-2)29(26,27)18-20-31(3,4)5/h9-11,13-15,17,21H,6-8,12,16,18-20H2,1-5H3/b17-15+. The van der Waals surface area contributed by atoms with Crippen LogP contribution in [-0.4, -0.2) is 60.1 Å². The Hall–Kier alpha value is -1.08. The van der Waals surface area contributed by atoms with Crippen LogP contribution >= 0.6 is 0 Å². The summed E-state index contributed by atoms with van der Waals surface area (Å²) in [7, 11) is -5.03. The van der Waals surface area contributed by atoms with Crippen LogP contribution in [0.5, 0.6) is 0 Å². The molecule has 0 amide bonds. The van der Waals surface area contributed by atoms with Crippen LogP contribution in [0.25, 0.3) is 0 Å². The first-order valence-electron chi connectivity index (χ1n) is 11.1. The molecule has 1 rings (SSSR count). The summed E-state index contributed by atoms with van der Waals surface area (Å²) >= 11 is 0.296. The third-order valence-corrected chi connectivity index (χ3v) is 10.9. The summed E-state index contributed by atoms with van der Waals surface area (Å²) in [5.74, 6) is -0.377. The Morgan fingerprint density at radius 2 is 1.84 bits per heavy atom. The van der Waals surface area contributed by atoms with Crippen LogP contribution in [-0.2, 0) is 19.6 Å². The van der Waals surface area contributed by atoms with Crippen molar-refractivity contribution in [2.75, 3.05) is 12.4 Å². The molecule has 0 saturated carbocycles. The normalized spacial score (nSPS) is 13.3. The molecule has 5 nitrogen and oxygen atoms in total. The van der Waals surface area contributed by atoms with Gasteiger partial charge in [0.2, 0.25) is 0 Å². The maximum absolute atomic E-state index is 13.3. The first kappa shape index (κ1) is 27.9. The van der Waals surface area contributed by atoms with Gasteiger partial charge in [-0.3, -0.25) is 0 Å². The quantitative estimate of drug-likeness (QED) is 0.191. The van der Waals surface area contributed by atoms with Gasteiger partial charge in [-0.2, -0.15) is 0 Å². The molecule has 0 saturated heterocycles. The molecule has 8 heteroatoms. The van der Waals surface area contributed by atoms with Crippen LogP contribution in [0.1, 0.15) is 39.5 Å². The summed E-state index contributed by atoms with van der Waals surface area (Å²) in [5, 5.41) is 0.957. The summed E-state index contributed by atoms with van der Waals surface area (Å²) in [6.07, 6.45) is 6.25. The number of sulfonamides is 1. The number of unbranched alkanes of at least 4 members (excludes halogenated alkanes) is 1. The Morgan fingerprint density at radius 1 is 1.16 bits per heavy atom. The molecule has 0 aliphatic carbocycles. The predicted molar refractivity (Wildman–Crippen MR) is 134 cm³/mol. The third kappa shape index (κ3) is 11.9. The summed E-state index contributed by atoms with van der Waals surface area (Å²) in [5.41, 5.74) is 0. The van der Waals surface area contributed by atoms with E-state index >= 15 is 0 Å². The van der Waals surface area contributed by atoms with E-state index in [1.807, 2.05) is 18.2 Å². The number of ether oxygens (including phenoxy) is 1. The number of hydrogen-bond acceptors (Lipinski definition) is 4. The van der Waals surface area contributed by atoms with Gasteiger partial charge < -0.3 is 0 Å². The molecule has 1 atom stereocenters. The van der Waals surface area contributed by atoms with Crippen molar-refractivity contribution in [3.05, 3.63) is 42.6 Å². The van der Waals surface area contributed by atoms with Crippen molar-refractivity contribution in [2.45, 2.75) is 76.6 Å². The van der Waals surface area contributed by atoms with Crippen LogP contribution < -0.4 is 4.46 Å². The first-order valence-corrected chi connectivity index (χ1v) is 18.5. The van der Waals surface area contributed by atoms with Gasteiger partial charge in [-0.15, -0.1) is 0 Å². The second-order valence-electron chi connectivity index (χ2n) is 8.77. The summed E-state index contributed by atoms with van der Waals surface area (Å²) in [4.78, 5) is 11.9. The van der Waals surface area contributed by atoms with Crippen molar-refractivity contribution < 1.29 is 17.9 Å². The molecule has 0 bridgehead atoms. The topological polar surface area (TPSA) is 63.7 Å². The van der Waals surface area contributed by atoms with Crippen molar-refractivity contribution in [3.63, 3.8) is 0 Å². The van der Waals surface area contributed by atoms with Crippen molar-refractivity contribution in [3.8, 4) is 0 Å². The van der Waals surface area contributed by atoms with Gasteiger partial charge in [0.15, 0.2) is 0 Å². The van der Waals surface area contributed by atoms with Crippen LogP contribution in [0, 0.1) is 0 Å². The Labute approximate surface area is 196 Å². The monoisotopic (exact) mass is 533 g/mol. The average Bonchev–Trinajstić information content (AvgIpc) is 2.70. The number of rotatable bonds is 15. The van der Waals surface area contributed by atoms with E-state index in [2.05, 4.69) is 38.7 Å². The third-order valence-electron chi connectivity index (χ3n) is 4.79. The SMILES string of the molecule is CCCCC(CC[Se]c1ccccc1)N(/C=C/C(=O)OCC)S(=O)(=O)CC[Si](C)(C)C. The summed E-state index contributed by atoms with van der Waals surface area (Å²) in [6.45, 7) is 10.7. The van der Waals surface area contributed by atoms with E-state index in [1.54, 1.807) is 6.92 Å². The number of hydrogen-bond donors (Lipinski definition) is 0. The van der Waals surface area contributed by atoms with E-state index in [4.69, 9.17) is 4.74 Å². The molecule has 1 aromatic rings. The molecule has 0 radical (unpaired) electrons. The van der Waals surface area contributed by atoms with Crippen molar-refractivity contribution >= 4 is 43.5 Å². The Bertz CT molecular complexity index is 779.